The summed E-state index contributed by atoms with van der Waals surface area (Å²) in [6.07, 6.45) is 13.0. The van der Waals surface area contributed by atoms with Gasteiger partial charge in [-0.25, -0.2) is 0 Å². The van der Waals surface area contributed by atoms with E-state index >= 15 is 0 Å². The van der Waals surface area contributed by atoms with Gasteiger partial charge in [0, 0.05) is 5.41 Å². The molecule has 3 unspecified atom stereocenters. The van der Waals surface area contributed by atoms with E-state index < -0.39 is 23.2 Å². The minimum absolute atomic E-state index is 0.0907. The Labute approximate surface area is 145 Å². The number of rotatable bonds is 0. The van der Waals surface area contributed by atoms with Crippen LogP contribution in [-0.2, 0) is 0 Å². The molecule has 0 amide bonds. The van der Waals surface area contributed by atoms with E-state index in [1.54, 1.807) is 0 Å². The van der Waals surface area contributed by atoms with Crippen LogP contribution in [0.15, 0.2) is 0 Å². The first-order valence-electron chi connectivity index (χ1n) is 9.86. The van der Waals surface area contributed by atoms with Gasteiger partial charge in [0.25, 0.3) is 0 Å². The maximum atomic E-state index is 11.0. The average Bonchev–Trinajstić information content (AvgIpc) is 2.73. The molecule has 0 aromatic carbocycles. The van der Waals surface area contributed by atoms with Gasteiger partial charge in [0.2, 0.25) is 0 Å². The normalized spacial score (nSPS) is 59.8. The molecule has 4 fully saturated rings. The predicted octanol–water partition coefficient (Wildman–Crippen LogP) is 2.73. The van der Waals surface area contributed by atoms with Crippen LogP contribution in [0.5, 0.6) is 0 Å². The fourth-order valence-electron chi connectivity index (χ4n) is 7.65. The number of hydrogen-bond acceptors (Lipinski definition) is 3. The van der Waals surface area contributed by atoms with Gasteiger partial charge in [-0.1, -0.05) is 32.6 Å². The lowest BCUT2D eigenvalue weighted by Gasteiger charge is -2.60. The number of hydrogen-bond donors (Lipinski definition) is 3. The average molecular weight is 332 g/mol. The molecule has 0 bridgehead atoms. The zero-order valence-corrected chi connectivity index (χ0v) is 15.0. The monoisotopic (exact) mass is 332 g/mol. The van der Waals surface area contributed by atoms with Crippen molar-refractivity contribution < 1.29 is 15.3 Å². The summed E-state index contributed by atoms with van der Waals surface area (Å²) >= 11 is 0. The summed E-state index contributed by atoms with van der Waals surface area (Å²) in [6, 6.07) is 0. The Morgan fingerprint density at radius 1 is 1.00 bits per heavy atom. The van der Waals surface area contributed by atoms with Crippen LogP contribution < -0.4 is 0 Å². The van der Waals surface area contributed by atoms with Crippen molar-refractivity contribution in [1.82, 2.24) is 0 Å². The molecule has 3 N–H and O–H groups in total. The molecule has 4 saturated carbocycles. The topological polar surface area (TPSA) is 60.7 Å². The van der Waals surface area contributed by atoms with E-state index in [1.807, 2.05) is 6.92 Å². The summed E-state index contributed by atoms with van der Waals surface area (Å²) in [5.41, 5.74) is -1.82. The molecular formula is C21H32O3. The molecule has 0 saturated heterocycles. The molecule has 0 aliphatic heterocycles. The van der Waals surface area contributed by atoms with Crippen LogP contribution in [0.25, 0.3) is 0 Å². The van der Waals surface area contributed by atoms with Crippen molar-refractivity contribution in [2.75, 3.05) is 0 Å². The van der Waals surface area contributed by atoms with Gasteiger partial charge in [-0.3, -0.25) is 0 Å². The lowest BCUT2D eigenvalue weighted by Crippen LogP contribution is -2.57. The second-order valence-electron chi connectivity index (χ2n) is 9.62. The minimum Gasteiger partial charge on any atom is -0.390 e. The summed E-state index contributed by atoms with van der Waals surface area (Å²) in [5.74, 6) is 4.15. The van der Waals surface area contributed by atoms with Crippen molar-refractivity contribution in [3.63, 3.8) is 0 Å². The largest absolute Gasteiger partial charge is 0.390 e. The first-order chi connectivity index (χ1) is 11.3. The molecule has 4 aliphatic rings. The lowest BCUT2D eigenvalue weighted by atomic mass is 9.44. The quantitative estimate of drug-likeness (QED) is 0.598. The fraction of sp³-hybridized carbons (Fsp3) is 0.905. The van der Waals surface area contributed by atoms with Crippen LogP contribution in [0.1, 0.15) is 65.2 Å². The van der Waals surface area contributed by atoms with E-state index in [-0.39, 0.29) is 5.92 Å². The fourth-order valence-corrected chi connectivity index (χ4v) is 7.65. The minimum atomic E-state index is -1.60. The van der Waals surface area contributed by atoms with Gasteiger partial charge in [0.05, 0.1) is 6.10 Å². The Hall–Kier alpha value is -0.560. The van der Waals surface area contributed by atoms with Crippen molar-refractivity contribution in [3.05, 3.63) is 0 Å². The third kappa shape index (κ3) is 1.81. The van der Waals surface area contributed by atoms with Crippen LogP contribution >= 0.6 is 0 Å². The second-order valence-corrected chi connectivity index (χ2v) is 9.62. The molecule has 3 nitrogen and oxygen atoms in total. The molecule has 0 radical (unpaired) electrons. The molecule has 0 aromatic heterocycles. The summed E-state index contributed by atoms with van der Waals surface area (Å²) in [5, 5.41) is 32.4. The van der Waals surface area contributed by atoms with Crippen molar-refractivity contribution >= 4 is 0 Å². The zero-order valence-electron chi connectivity index (χ0n) is 15.0. The summed E-state index contributed by atoms with van der Waals surface area (Å²) in [7, 11) is 0. The smallest absolute Gasteiger partial charge is 0.159 e. The van der Waals surface area contributed by atoms with Gasteiger partial charge >= 0.3 is 0 Å². The van der Waals surface area contributed by atoms with Gasteiger partial charge in [-0.15, -0.1) is 6.42 Å². The Kier molecular flexibility index (Phi) is 3.67. The Bertz CT molecular complexity index is 568. The molecule has 0 spiro atoms. The van der Waals surface area contributed by atoms with E-state index in [0.717, 1.165) is 25.2 Å². The second kappa shape index (κ2) is 5.22. The predicted molar refractivity (Wildman–Crippen MR) is 92.9 cm³/mol. The van der Waals surface area contributed by atoms with E-state index in [9.17, 15) is 15.3 Å². The van der Waals surface area contributed by atoms with E-state index in [1.165, 1.54) is 32.1 Å². The summed E-state index contributed by atoms with van der Waals surface area (Å²) in [4.78, 5) is 0. The molecule has 24 heavy (non-hydrogen) atoms. The number of fused-ring (bicyclic) bond motifs is 5. The molecule has 4 rings (SSSR count). The Balaban J connectivity index is 1.73. The zero-order chi connectivity index (χ0) is 17.3. The highest BCUT2D eigenvalue weighted by molar-refractivity contribution is 5.29. The standard InChI is InChI=1S/C21H32O3/c1-4-21(24)18(23)17(22)16-14-9-8-13-7-5-6-11-19(13,2)15(14)10-12-20(16,21)3/h1,13-18,22-24H,5-12H2,2-3H3/t13-,14?,15?,16?,17-,18+,19+,20+,21+/m1/s1. The van der Waals surface area contributed by atoms with Gasteiger partial charge in [0.15, 0.2) is 5.60 Å². The first-order valence-corrected chi connectivity index (χ1v) is 9.86. The molecule has 0 heterocycles. The van der Waals surface area contributed by atoms with E-state index in [0.29, 0.717) is 17.3 Å². The summed E-state index contributed by atoms with van der Waals surface area (Å²) < 4.78 is 0. The van der Waals surface area contributed by atoms with Crippen LogP contribution in [0, 0.1) is 46.8 Å². The Morgan fingerprint density at radius 2 is 1.75 bits per heavy atom. The van der Waals surface area contributed by atoms with Crippen molar-refractivity contribution in [2.45, 2.75) is 83.0 Å². The number of aliphatic hydroxyl groups excluding tert-OH is 2. The van der Waals surface area contributed by atoms with Crippen LogP contribution in [0.2, 0.25) is 0 Å². The first kappa shape index (κ1) is 16.9. The maximum absolute atomic E-state index is 11.0. The maximum Gasteiger partial charge on any atom is 0.159 e. The van der Waals surface area contributed by atoms with Gasteiger partial charge in [-0.05, 0) is 67.6 Å². The molecule has 9 atom stereocenters. The van der Waals surface area contributed by atoms with Crippen LogP contribution in [-0.4, -0.2) is 33.1 Å². The van der Waals surface area contributed by atoms with Crippen molar-refractivity contribution in [1.29, 1.82) is 0 Å². The van der Waals surface area contributed by atoms with Gasteiger partial charge in [-0.2, -0.15) is 0 Å². The third-order valence-corrected chi connectivity index (χ3v) is 9.04. The van der Waals surface area contributed by atoms with E-state index in [2.05, 4.69) is 12.8 Å². The molecule has 3 heteroatoms. The van der Waals surface area contributed by atoms with Crippen molar-refractivity contribution in [2.24, 2.45) is 34.5 Å². The number of terminal acetylenes is 1. The van der Waals surface area contributed by atoms with Gasteiger partial charge < -0.3 is 15.3 Å². The highest BCUT2D eigenvalue weighted by Gasteiger charge is 2.70. The highest BCUT2D eigenvalue weighted by Crippen LogP contribution is 2.68. The molecule has 4 aliphatic carbocycles. The SMILES string of the molecule is C#C[C@]1(O)[C@@H](O)[C@H](O)C2C3CC[C@H]4CCCC[C@]4(C)C3CC[C@@]21C. The van der Waals surface area contributed by atoms with Crippen LogP contribution in [0.3, 0.4) is 0 Å². The van der Waals surface area contributed by atoms with Crippen molar-refractivity contribution in [3.8, 4) is 12.3 Å². The van der Waals surface area contributed by atoms with Crippen LogP contribution in [0.4, 0.5) is 0 Å². The molecule has 134 valence electrons. The third-order valence-electron chi connectivity index (χ3n) is 9.04. The number of aliphatic hydroxyl groups is 3. The van der Waals surface area contributed by atoms with E-state index in [4.69, 9.17) is 6.42 Å². The molecule has 0 aromatic rings. The Morgan fingerprint density at radius 3 is 2.46 bits per heavy atom. The molecular weight excluding hydrogens is 300 g/mol. The lowest BCUT2D eigenvalue weighted by molar-refractivity contribution is -0.147. The highest BCUT2D eigenvalue weighted by atomic mass is 16.4. The van der Waals surface area contributed by atoms with Gasteiger partial charge in [0.1, 0.15) is 6.10 Å². The summed E-state index contributed by atoms with van der Waals surface area (Å²) in [6.45, 7) is 4.48.